The minimum Gasteiger partial charge on any atom is -0.390 e. The van der Waals surface area contributed by atoms with Crippen LogP contribution >= 0.6 is 0 Å². The van der Waals surface area contributed by atoms with Gasteiger partial charge in [-0.1, -0.05) is 0 Å². The van der Waals surface area contributed by atoms with E-state index in [0.29, 0.717) is 54.4 Å². The Morgan fingerprint density at radius 2 is 1.82 bits per heavy atom. The van der Waals surface area contributed by atoms with Crippen LogP contribution in [-0.4, -0.2) is 59.5 Å². The highest BCUT2D eigenvalue weighted by atomic mass is 32.2. The maximum Gasteiger partial charge on any atom is 0.256 e. The van der Waals surface area contributed by atoms with Crippen molar-refractivity contribution >= 4 is 27.3 Å². The van der Waals surface area contributed by atoms with Crippen molar-refractivity contribution in [2.75, 3.05) is 10.6 Å². The van der Waals surface area contributed by atoms with Gasteiger partial charge in [-0.25, -0.2) is 27.8 Å². The Hall–Kier alpha value is -3.97. The van der Waals surface area contributed by atoms with Crippen LogP contribution in [0.5, 0.6) is 0 Å². The van der Waals surface area contributed by atoms with Crippen molar-refractivity contribution in [2.24, 2.45) is 0 Å². The largest absolute Gasteiger partial charge is 0.390 e. The van der Waals surface area contributed by atoms with Crippen molar-refractivity contribution < 1.29 is 17.9 Å². The van der Waals surface area contributed by atoms with Crippen LogP contribution in [0.3, 0.4) is 0 Å². The molecule has 4 aromatic heterocycles. The van der Waals surface area contributed by atoms with Gasteiger partial charge in [0.25, 0.3) is 10.0 Å². The summed E-state index contributed by atoms with van der Waals surface area (Å²) in [4.78, 5) is 17.6. The number of halogens is 1. The lowest BCUT2D eigenvalue weighted by atomic mass is 9.83. The fourth-order valence-corrected chi connectivity index (χ4v) is 6.24. The molecule has 4 heterocycles. The van der Waals surface area contributed by atoms with E-state index in [1.165, 1.54) is 24.7 Å². The van der Waals surface area contributed by atoms with E-state index in [1.54, 1.807) is 24.5 Å². The Morgan fingerprint density at radius 1 is 1.02 bits per heavy atom. The molecule has 2 aliphatic rings. The van der Waals surface area contributed by atoms with Crippen molar-refractivity contribution in [3.63, 3.8) is 0 Å². The van der Waals surface area contributed by atoms with Gasteiger partial charge in [-0.05, 0) is 63.6 Å². The summed E-state index contributed by atoms with van der Waals surface area (Å²) in [7, 11) is -3.49. The summed E-state index contributed by atoms with van der Waals surface area (Å²) in [5.74, 6) is 0.867. The topological polar surface area (TPSA) is 148 Å². The van der Waals surface area contributed by atoms with Gasteiger partial charge < -0.3 is 15.7 Å². The maximum absolute atomic E-state index is 13.5. The molecule has 6 rings (SSSR count). The average Bonchev–Trinajstić information content (AvgIpc) is 3.68. The van der Waals surface area contributed by atoms with Crippen LogP contribution in [0.2, 0.25) is 0 Å². The third-order valence-corrected chi connectivity index (χ3v) is 9.30. The number of nitrogens with zero attached hydrogens (tertiary/aromatic N) is 6. The van der Waals surface area contributed by atoms with E-state index >= 15 is 0 Å². The SMILES string of the molecule is CC1(O)CCC(Nc2cc(Nc3ccnc(-c4cnn(S(=O)(=O)C5CC5)c4)n3)ncc2-c2ccc(F)cn2)CC1. The molecule has 40 heavy (non-hydrogen) atoms. The molecule has 0 radical (unpaired) electrons. The van der Waals surface area contributed by atoms with Gasteiger partial charge in [0.05, 0.1) is 40.7 Å². The smallest absolute Gasteiger partial charge is 0.256 e. The number of anilines is 3. The molecule has 0 unspecified atom stereocenters. The molecule has 0 bridgehead atoms. The first-order valence-corrected chi connectivity index (χ1v) is 14.7. The summed E-state index contributed by atoms with van der Waals surface area (Å²) in [5.41, 5.74) is 1.88. The van der Waals surface area contributed by atoms with E-state index in [4.69, 9.17) is 0 Å². The third-order valence-electron chi connectivity index (χ3n) is 7.27. The Labute approximate surface area is 231 Å². The minimum absolute atomic E-state index is 0.142. The number of aliphatic hydroxyl groups is 1. The van der Waals surface area contributed by atoms with Gasteiger partial charge in [-0.15, -0.1) is 0 Å². The number of rotatable bonds is 8. The van der Waals surface area contributed by atoms with Crippen molar-refractivity contribution in [3.8, 4) is 22.6 Å². The fourth-order valence-electron chi connectivity index (χ4n) is 4.76. The fraction of sp³-hybridized carbons (Fsp3) is 0.370. The van der Waals surface area contributed by atoms with Gasteiger partial charge in [-0.3, -0.25) is 4.98 Å². The van der Waals surface area contributed by atoms with Gasteiger partial charge in [-0.2, -0.15) is 9.19 Å². The van der Waals surface area contributed by atoms with E-state index in [1.807, 2.05) is 13.0 Å². The molecule has 208 valence electrons. The van der Waals surface area contributed by atoms with Crippen molar-refractivity contribution in [2.45, 2.75) is 62.3 Å². The standard InChI is InChI=1S/C27H29FN8O3S/c1-27(37)9-6-19(7-10-27)33-23-12-25(31-15-21(23)22-5-2-18(28)14-30-22)34-24-8-11-29-26(35-24)17-13-32-36(16-17)40(38,39)20-3-4-20/h2,5,8,11-16,19-20,37H,3-4,6-7,9-10H2,1H3,(H2,29,31,33,34,35). The van der Waals surface area contributed by atoms with Crippen LogP contribution in [0.1, 0.15) is 45.4 Å². The van der Waals surface area contributed by atoms with E-state index in [2.05, 4.69) is 35.7 Å². The second-order valence-electron chi connectivity index (χ2n) is 10.6. The molecule has 0 aromatic carbocycles. The summed E-state index contributed by atoms with van der Waals surface area (Å²) < 4.78 is 39.5. The molecule has 13 heteroatoms. The van der Waals surface area contributed by atoms with Gasteiger partial charge in [0.15, 0.2) is 5.82 Å². The first kappa shape index (κ1) is 26.3. The average molecular weight is 565 g/mol. The quantitative estimate of drug-likeness (QED) is 0.285. The Morgan fingerprint density at radius 3 is 2.55 bits per heavy atom. The zero-order valence-corrected chi connectivity index (χ0v) is 22.6. The summed E-state index contributed by atoms with van der Waals surface area (Å²) in [5, 5.41) is 20.8. The molecule has 2 aliphatic carbocycles. The Kier molecular flexibility index (Phi) is 6.70. The monoisotopic (exact) mass is 564 g/mol. The number of hydrogen-bond donors (Lipinski definition) is 3. The zero-order valence-electron chi connectivity index (χ0n) is 21.8. The Balaban J connectivity index is 1.26. The molecule has 0 spiro atoms. The highest BCUT2D eigenvalue weighted by Gasteiger charge is 2.37. The molecule has 0 saturated heterocycles. The second-order valence-corrected chi connectivity index (χ2v) is 12.7. The summed E-state index contributed by atoms with van der Waals surface area (Å²) in [6.07, 6.45) is 11.5. The normalized spacial score (nSPS) is 21.2. The van der Waals surface area contributed by atoms with Crippen LogP contribution in [-0.2, 0) is 10.0 Å². The number of aromatic nitrogens is 6. The molecule has 0 amide bonds. The van der Waals surface area contributed by atoms with Crippen LogP contribution in [0, 0.1) is 5.82 Å². The molecule has 0 atom stereocenters. The minimum atomic E-state index is -3.49. The molecule has 3 N–H and O–H groups in total. The second kappa shape index (κ2) is 10.2. The summed E-state index contributed by atoms with van der Waals surface area (Å²) in [6, 6.07) is 6.63. The lowest BCUT2D eigenvalue weighted by molar-refractivity contribution is 0.0196. The van der Waals surface area contributed by atoms with Gasteiger partial charge >= 0.3 is 0 Å². The first-order valence-electron chi connectivity index (χ1n) is 13.2. The first-order chi connectivity index (χ1) is 19.2. The predicted molar refractivity (Wildman–Crippen MR) is 148 cm³/mol. The van der Waals surface area contributed by atoms with E-state index in [0.717, 1.165) is 28.2 Å². The predicted octanol–water partition coefficient (Wildman–Crippen LogP) is 4.13. The number of hydrogen-bond acceptors (Lipinski definition) is 10. The Bertz CT molecular complexity index is 1630. The van der Waals surface area contributed by atoms with E-state index in [9.17, 15) is 17.9 Å². The van der Waals surface area contributed by atoms with E-state index in [-0.39, 0.29) is 11.3 Å². The molecule has 2 saturated carbocycles. The zero-order chi connectivity index (χ0) is 27.9. The van der Waals surface area contributed by atoms with Crippen molar-refractivity contribution in [1.29, 1.82) is 0 Å². The van der Waals surface area contributed by atoms with Crippen LogP contribution in [0.4, 0.5) is 21.7 Å². The van der Waals surface area contributed by atoms with Crippen molar-refractivity contribution in [1.82, 2.24) is 29.1 Å². The number of pyridine rings is 2. The van der Waals surface area contributed by atoms with Crippen molar-refractivity contribution in [3.05, 3.63) is 61.1 Å². The van der Waals surface area contributed by atoms with Crippen LogP contribution < -0.4 is 10.6 Å². The van der Waals surface area contributed by atoms with Crippen LogP contribution in [0.15, 0.2) is 55.2 Å². The molecule has 0 aliphatic heterocycles. The molecule has 2 fully saturated rings. The molecular formula is C27H29FN8O3S. The molecule has 4 aromatic rings. The highest BCUT2D eigenvalue weighted by Crippen LogP contribution is 2.34. The van der Waals surface area contributed by atoms with Gasteiger partial charge in [0.2, 0.25) is 0 Å². The molecular weight excluding hydrogens is 535 g/mol. The third kappa shape index (κ3) is 5.65. The summed E-state index contributed by atoms with van der Waals surface area (Å²) in [6.45, 7) is 1.86. The number of nitrogens with one attached hydrogen (secondary N) is 2. The lowest BCUT2D eigenvalue weighted by Gasteiger charge is -2.34. The van der Waals surface area contributed by atoms with Gasteiger partial charge in [0, 0.05) is 35.8 Å². The maximum atomic E-state index is 13.5. The summed E-state index contributed by atoms with van der Waals surface area (Å²) >= 11 is 0. The molecule has 11 nitrogen and oxygen atoms in total. The van der Waals surface area contributed by atoms with E-state index < -0.39 is 21.4 Å². The van der Waals surface area contributed by atoms with Gasteiger partial charge in [0.1, 0.15) is 17.5 Å². The highest BCUT2D eigenvalue weighted by molar-refractivity contribution is 7.90. The lowest BCUT2D eigenvalue weighted by Crippen LogP contribution is -2.35. The van der Waals surface area contributed by atoms with Crippen LogP contribution in [0.25, 0.3) is 22.6 Å².